The maximum atomic E-state index is 12.8. The number of anilines is 1. The Bertz CT molecular complexity index is 708. The SMILES string of the molecule is CC(=O)NC[C@H](N[C@H](C)C(=O)O)C(=O)N[C@@H](CC(C)C)C(=O)Nc1ccccc1. The van der Waals surface area contributed by atoms with Gasteiger partial charge in [0.1, 0.15) is 18.1 Å². The largest absolute Gasteiger partial charge is 0.480 e. The number of benzene rings is 1. The molecule has 1 aromatic carbocycles. The highest BCUT2D eigenvalue weighted by Gasteiger charge is 2.28. The van der Waals surface area contributed by atoms with Gasteiger partial charge in [0.25, 0.3) is 0 Å². The van der Waals surface area contributed by atoms with Crippen LogP contribution in [0.2, 0.25) is 0 Å². The second kappa shape index (κ2) is 11.8. The molecule has 1 rings (SSSR count). The van der Waals surface area contributed by atoms with E-state index in [0.29, 0.717) is 12.1 Å². The summed E-state index contributed by atoms with van der Waals surface area (Å²) in [7, 11) is 0. The van der Waals surface area contributed by atoms with Crippen LogP contribution in [0.4, 0.5) is 5.69 Å². The van der Waals surface area contributed by atoms with E-state index in [1.165, 1.54) is 13.8 Å². The number of rotatable bonds is 11. The zero-order chi connectivity index (χ0) is 22.0. The van der Waals surface area contributed by atoms with Crippen molar-refractivity contribution in [1.29, 1.82) is 0 Å². The predicted octanol–water partition coefficient (Wildman–Crippen LogP) is 0.723. The monoisotopic (exact) mass is 406 g/mol. The molecule has 3 amide bonds. The molecule has 0 aliphatic rings. The summed E-state index contributed by atoms with van der Waals surface area (Å²) < 4.78 is 0. The van der Waals surface area contributed by atoms with Crippen LogP contribution in [-0.4, -0.2) is 53.5 Å². The Morgan fingerprint density at radius 3 is 2.10 bits per heavy atom. The summed E-state index contributed by atoms with van der Waals surface area (Å²) in [6.07, 6.45) is 0.395. The van der Waals surface area contributed by atoms with Crippen molar-refractivity contribution in [2.24, 2.45) is 5.92 Å². The Morgan fingerprint density at radius 1 is 0.966 bits per heavy atom. The third kappa shape index (κ3) is 9.20. The van der Waals surface area contributed by atoms with Gasteiger partial charge in [-0.3, -0.25) is 24.5 Å². The Balaban J connectivity index is 2.90. The van der Waals surface area contributed by atoms with Crippen LogP contribution in [0.25, 0.3) is 0 Å². The summed E-state index contributed by atoms with van der Waals surface area (Å²) in [6, 6.07) is 6.03. The van der Waals surface area contributed by atoms with Gasteiger partial charge in [-0.05, 0) is 31.4 Å². The van der Waals surface area contributed by atoms with Crippen molar-refractivity contribution in [3.63, 3.8) is 0 Å². The van der Waals surface area contributed by atoms with E-state index in [2.05, 4.69) is 21.3 Å². The van der Waals surface area contributed by atoms with Gasteiger partial charge < -0.3 is 21.1 Å². The number of hydrogen-bond acceptors (Lipinski definition) is 5. The highest BCUT2D eigenvalue weighted by atomic mass is 16.4. The second-order valence-corrected chi connectivity index (χ2v) is 7.26. The number of amides is 3. The summed E-state index contributed by atoms with van der Waals surface area (Å²) in [6.45, 7) is 6.44. The van der Waals surface area contributed by atoms with Crippen molar-refractivity contribution in [1.82, 2.24) is 16.0 Å². The van der Waals surface area contributed by atoms with E-state index in [4.69, 9.17) is 5.11 Å². The zero-order valence-electron chi connectivity index (χ0n) is 17.2. The van der Waals surface area contributed by atoms with Gasteiger partial charge in [0.05, 0.1) is 0 Å². The number of aliphatic carboxylic acids is 1. The average Bonchev–Trinajstić information content (AvgIpc) is 2.64. The van der Waals surface area contributed by atoms with Crippen LogP contribution in [0.1, 0.15) is 34.1 Å². The molecule has 3 atom stereocenters. The van der Waals surface area contributed by atoms with Crippen molar-refractivity contribution in [3.05, 3.63) is 30.3 Å². The molecule has 0 aromatic heterocycles. The number of carboxylic acids is 1. The molecule has 0 fully saturated rings. The van der Waals surface area contributed by atoms with Gasteiger partial charge in [-0.2, -0.15) is 0 Å². The van der Waals surface area contributed by atoms with Crippen molar-refractivity contribution in [3.8, 4) is 0 Å². The van der Waals surface area contributed by atoms with Gasteiger partial charge in [-0.25, -0.2) is 0 Å². The quantitative estimate of drug-likeness (QED) is 0.367. The normalized spacial score (nSPS) is 13.8. The molecule has 0 aliphatic carbocycles. The van der Waals surface area contributed by atoms with E-state index in [-0.39, 0.29) is 24.3 Å². The Hall–Kier alpha value is -2.94. The first-order valence-corrected chi connectivity index (χ1v) is 9.49. The van der Waals surface area contributed by atoms with Gasteiger partial charge in [0.15, 0.2) is 0 Å². The van der Waals surface area contributed by atoms with E-state index in [0.717, 1.165) is 0 Å². The molecular weight excluding hydrogens is 376 g/mol. The molecule has 1 aromatic rings. The average molecular weight is 406 g/mol. The third-order valence-corrected chi connectivity index (χ3v) is 4.07. The lowest BCUT2D eigenvalue weighted by atomic mass is 10.0. The maximum absolute atomic E-state index is 12.8. The number of carboxylic acid groups (broad SMARTS) is 1. The Labute approximate surface area is 170 Å². The van der Waals surface area contributed by atoms with E-state index in [1.807, 2.05) is 19.9 Å². The summed E-state index contributed by atoms with van der Waals surface area (Å²) in [5.74, 6) is -2.30. The number of nitrogens with one attached hydrogen (secondary N) is 4. The van der Waals surface area contributed by atoms with Gasteiger partial charge in [0.2, 0.25) is 17.7 Å². The van der Waals surface area contributed by atoms with Crippen LogP contribution in [-0.2, 0) is 19.2 Å². The minimum absolute atomic E-state index is 0.104. The third-order valence-electron chi connectivity index (χ3n) is 4.07. The van der Waals surface area contributed by atoms with Crippen molar-refractivity contribution < 1.29 is 24.3 Å². The lowest BCUT2D eigenvalue weighted by molar-refractivity contribution is -0.139. The molecule has 9 nitrogen and oxygen atoms in total. The molecule has 160 valence electrons. The molecule has 5 N–H and O–H groups in total. The first kappa shape index (κ1) is 24.1. The maximum Gasteiger partial charge on any atom is 0.320 e. The van der Waals surface area contributed by atoms with E-state index >= 15 is 0 Å². The smallest absolute Gasteiger partial charge is 0.320 e. The van der Waals surface area contributed by atoms with Crippen LogP contribution < -0.4 is 21.3 Å². The molecule has 0 spiro atoms. The van der Waals surface area contributed by atoms with Crippen LogP contribution in [0.5, 0.6) is 0 Å². The first-order valence-electron chi connectivity index (χ1n) is 9.49. The Morgan fingerprint density at radius 2 is 1.59 bits per heavy atom. The van der Waals surface area contributed by atoms with E-state index < -0.39 is 30.0 Å². The highest BCUT2D eigenvalue weighted by Crippen LogP contribution is 2.10. The lowest BCUT2D eigenvalue weighted by Crippen LogP contribution is -2.57. The number of hydrogen-bond donors (Lipinski definition) is 5. The topological polar surface area (TPSA) is 137 Å². The lowest BCUT2D eigenvalue weighted by Gasteiger charge is -2.25. The standard InChI is InChI=1S/C20H30N4O5/c1-12(2)10-16(18(26)23-15-8-6-5-7-9-15)24-19(27)17(11-21-14(4)25)22-13(3)20(28)29/h5-9,12-13,16-17,22H,10-11H2,1-4H3,(H,21,25)(H,23,26)(H,24,27)(H,28,29)/t13-,16+,17+/m1/s1. The molecule has 29 heavy (non-hydrogen) atoms. The first-order chi connectivity index (χ1) is 13.6. The van der Waals surface area contributed by atoms with Crippen LogP contribution in [0.3, 0.4) is 0 Å². The molecule has 0 radical (unpaired) electrons. The van der Waals surface area contributed by atoms with Crippen molar-refractivity contribution in [2.45, 2.75) is 52.2 Å². The van der Waals surface area contributed by atoms with Crippen molar-refractivity contribution in [2.75, 3.05) is 11.9 Å². The number of para-hydroxylation sites is 1. The van der Waals surface area contributed by atoms with Crippen LogP contribution >= 0.6 is 0 Å². The molecular formula is C20H30N4O5. The fraction of sp³-hybridized carbons (Fsp3) is 0.500. The van der Waals surface area contributed by atoms with E-state index in [1.54, 1.807) is 24.3 Å². The van der Waals surface area contributed by atoms with Crippen LogP contribution in [0.15, 0.2) is 30.3 Å². The van der Waals surface area contributed by atoms with E-state index in [9.17, 15) is 19.2 Å². The second-order valence-electron chi connectivity index (χ2n) is 7.26. The predicted molar refractivity (Wildman–Crippen MR) is 109 cm³/mol. The Kier molecular flexibility index (Phi) is 9.81. The number of carbonyl (C=O) groups is 4. The molecule has 0 unspecified atom stereocenters. The molecule has 0 aliphatic heterocycles. The zero-order valence-corrected chi connectivity index (χ0v) is 17.2. The molecule has 0 bridgehead atoms. The summed E-state index contributed by atoms with van der Waals surface area (Å²) in [5, 5.41) is 19.7. The fourth-order valence-corrected chi connectivity index (χ4v) is 2.57. The molecule has 0 saturated heterocycles. The van der Waals surface area contributed by atoms with Crippen molar-refractivity contribution >= 4 is 29.4 Å². The highest BCUT2D eigenvalue weighted by molar-refractivity contribution is 5.98. The minimum atomic E-state index is -1.13. The molecule has 9 heteroatoms. The van der Waals surface area contributed by atoms with Crippen LogP contribution in [0, 0.1) is 5.92 Å². The van der Waals surface area contributed by atoms with Gasteiger partial charge in [-0.1, -0.05) is 32.0 Å². The number of carbonyl (C=O) groups excluding carboxylic acids is 3. The minimum Gasteiger partial charge on any atom is -0.480 e. The van der Waals surface area contributed by atoms with Gasteiger partial charge in [0, 0.05) is 19.2 Å². The molecule has 0 saturated carbocycles. The molecule has 0 heterocycles. The fourth-order valence-electron chi connectivity index (χ4n) is 2.57. The summed E-state index contributed by atoms with van der Waals surface area (Å²) >= 11 is 0. The summed E-state index contributed by atoms with van der Waals surface area (Å²) in [4.78, 5) is 47.8. The van der Waals surface area contributed by atoms with Gasteiger partial charge in [-0.15, -0.1) is 0 Å². The summed E-state index contributed by atoms with van der Waals surface area (Å²) in [5.41, 5.74) is 0.605. The van der Waals surface area contributed by atoms with Gasteiger partial charge >= 0.3 is 5.97 Å².